The first kappa shape index (κ1) is 13.9. The second-order valence-corrected chi connectivity index (χ2v) is 4.40. The number of nitrogens with one attached hydrogen (secondary N) is 2. The van der Waals surface area contributed by atoms with Crippen molar-refractivity contribution in [3.05, 3.63) is 34.6 Å². The first-order valence-electron chi connectivity index (χ1n) is 5.47. The van der Waals surface area contributed by atoms with Gasteiger partial charge in [0.15, 0.2) is 0 Å². The largest absolute Gasteiger partial charge is 0.351 e. The zero-order valence-electron chi connectivity index (χ0n) is 9.89. The molecule has 3 nitrogen and oxygen atoms in total. The normalized spacial score (nSPS) is 10.6. The first-order valence-corrected chi connectivity index (χ1v) is 5.85. The van der Waals surface area contributed by atoms with Gasteiger partial charge < -0.3 is 10.6 Å². The lowest BCUT2D eigenvalue weighted by Crippen LogP contribution is -2.34. The van der Waals surface area contributed by atoms with Crippen molar-refractivity contribution in [3.8, 4) is 0 Å². The van der Waals surface area contributed by atoms with Crippen molar-refractivity contribution >= 4 is 17.5 Å². The highest BCUT2D eigenvalue weighted by Gasteiger charge is 2.07. The highest BCUT2D eigenvalue weighted by molar-refractivity contribution is 6.31. The maximum Gasteiger partial charge on any atom is 0.251 e. The standard InChI is InChI=1S/C12H16ClFN2O/c1-8(2)15-5-6-16-12(17)9-3-4-11(14)10(13)7-9/h3-4,7-8,15H,5-6H2,1-2H3,(H,16,17). The number of hydrogen-bond donors (Lipinski definition) is 2. The molecule has 0 saturated heterocycles. The van der Waals surface area contributed by atoms with E-state index in [1.807, 2.05) is 13.8 Å². The fraction of sp³-hybridized carbons (Fsp3) is 0.417. The molecule has 0 aliphatic heterocycles. The number of amides is 1. The summed E-state index contributed by atoms with van der Waals surface area (Å²) >= 11 is 5.59. The average molecular weight is 259 g/mol. The fourth-order valence-electron chi connectivity index (χ4n) is 1.28. The van der Waals surface area contributed by atoms with Gasteiger partial charge in [0, 0.05) is 24.7 Å². The molecule has 0 aliphatic carbocycles. The molecule has 2 N–H and O–H groups in total. The molecule has 0 atom stereocenters. The van der Waals surface area contributed by atoms with Crippen LogP contribution in [0.25, 0.3) is 0 Å². The third-order valence-electron chi connectivity index (χ3n) is 2.14. The smallest absolute Gasteiger partial charge is 0.251 e. The Labute approximate surface area is 105 Å². The van der Waals surface area contributed by atoms with Gasteiger partial charge in [-0.05, 0) is 18.2 Å². The van der Waals surface area contributed by atoms with E-state index in [1.165, 1.54) is 18.2 Å². The van der Waals surface area contributed by atoms with Crippen LogP contribution >= 0.6 is 11.6 Å². The van der Waals surface area contributed by atoms with E-state index in [2.05, 4.69) is 10.6 Å². The number of hydrogen-bond acceptors (Lipinski definition) is 2. The molecule has 94 valence electrons. The number of rotatable bonds is 5. The Morgan fingerprint density at radius 1 is 1.41 bits per heavy atom. The van der Waals surface area contributed by atoms with Crippen molar-refractivity contribution in [3.63, 3.8) is 0 Å². The molecule has 0 spiro atoms. The number of carbonyl (C=O) groups is 1. The predicted octanol–water partition coefficient (Wildman–Crippen LogP) is 2.21. The fourth-order valence-corrected chi connectivity index (χ4v) is 1.46. The minimum absolute atomic E-state index is 0.0436. The summed E-state index contributed by atoms with van der Waals surface area (Å²) in [5.74, 6) is -0.776. The van der Waals surface area contributed by atoms with E-state index < -0.39 is 5.82 Å². The van der Waals surface area contributed by atoms with Gasteiger partial charge in [0.25, 0.3) is 5.91 Å². The Morgan fingerprint density at radius 2 is 2.12 bits per heavy atom. The molecule has 0 bridgehead atoms. The van der Waals surface area contributed by atoms with Crippen LogP contribution in [0.2, 0.25) is 5.02 Å². The van der Waals surface area contributed by atoms with Crippen molar-refractivity contribution in [2.75, 3.05) is 13.1 Å². The summed E-state index contributed by atoms with van der Waals surface area (Å²) in [4.78, 5) is 11.6. The molecule has 1 amide bonds. The lowest BCUT2D eigenvalue weighted by Gasteiger charge is -2.09. The third kappa shape index (κ3) is 4.71. The lowest BCUT2D eigenvalue weighted by atomic mass is 10.2. The average Bonchev–Trinajstić information content (AvgIpc) is 2.27. The highest BCUT2D eigenvalue weighted by Crippen LogP contribution is 2.15. The van der Waals surface area contributed by atoms with E-state index >= 15 is 0 Å². The third-order valence-corrected chi connectivity index (χ3v) is 2.43. The van der Waals surface area contributed by atoms with Gasteiger partial charge >= 0.3 is 0 Å². The summed E-state index contributed by atoms with van der Waals surface area (Å²) in [6, 6.07) is 4.30. The zero-order valence-corrected chi connectivity index (χ0v) is 10.6. The molecule has 0 aliphatic rings. The molecule has 0 fully saturated rings. The number of carbonyl (C=O) groups excluding carboxylic acids is 1. The van der Waals surface area contributed by atoms with Crippen LogP contribution in [0, 0.1) is 5.82 Å². The van der Waals surface area contributed by atoms with Crippen LogP contribution in [-0.4, -0.2) is 25.0 Å². The second-order valence-electron chi connectivity index (χ2n) is 3.99. The van der Waals surface area contributed by atoms with Crippen molar-refractivity contribution < 1.29 is 9.18 Å². The number of halogens is 2. The lowest BCUT2D eigenvalue weighted by molar-refractivity contribution is 0.0953. The van der Waals surface area contributed by atoms with E-state index in [0.717, 1.165) is 0 Å². The van der Waals surface area contributed by atoms with Gasteiger partial charge in [-0.2, -0.15) is 0 Å². The van der Waals surface area contributed by atoms with Crippen LogP contribution < -0.4 is 10.6 Å². The first-order chi connectivity index (χ1) is 8.00. The molecule has 1 aromatic rings. The molecule has 0 saturated carbocycles. The minimum atomic E-state index is -0.523. The SMILES string of the molecule is CC(C)NCCNC(=O)c1ccc(F)c(Cl)c1. The van der Waals surface area contributed by atoms with Gasteiger partial charge in [-0.15, -0.1) is 0 Å². The monoisotopic (exact) mass is 258 g/mol. The van der Waals surface area contributed by atoms with Crippen molar-refractivity contribution in [1.29, 1.82) is 0 Å². The summed E-state index contributed by atoms with van der Waals surface area (Å²) in [5.41, 5.74) is 0.362. The van der Waals surface area contributed by atoms with E-state index in [0.29, 0.717) is 24.7 Å². The Kier molecular flexibility index (Phi) is 5.38. The van der Waals surface area contributed by atoms with Crippen LogP contribution in [0.3, 0.4) is 0 Å². The molecule has 5 heteroatoms. The topological polar surface area (TPSA) is 41.1 Å². The van der Waals surface area contributed by atoms with Crippen molar-refractivity contribution in [2.45, 2.75) is 19.9 Å². The van der Waals surface area contributed by atoms with Crippen LogP contribution in [0.15, 0.2) is 18.2 Å². The molecular formula is C12H16ClFN2O. The molecule has 1 aromatic carbocycles. The molecule has 1 rings (SSSR count). The molecule has 17 heavy (non-hydrogen) atoms. The second kappa shape index (κ2) is 6.57. The van der Waals surface area contributed by atoms with Crippen molar-refractivity contribution in [1.82, 2.24) is 10.6 Å². The quantitative estimate of drug-likeness (QED) is 0.795. The van der Waals surface area contributed by atoms with Gasteiger partial charge in [0.1, 0.15) is 5.82 Å². The summed E-state index contributed by atoms with van der Waals surface area (Å²) in [5, 5.41) is 5.85. The van der Waals surface area contributed by atoms with Crippen LogP contribution in [0.1, 0.15) is 24.2 Å². The van der Waals surface area contributed by atoms with E-state index in [4.69, 9.17) is 11.6 Å². The van der Waals surface area contributed by atoms with Crippen LogP contribution in [0.4, 0.5) is 4.39 Å². The van der Waals surface area contributed by atoms with Crippen molar-refractivity contribution in [2.24, 2.45) is 0 Å². The Bertz CT molecular complexity index is 396. The Hall–Kier alpha value is -1.13. The Balaban J connectivity index is 2.44. The van der Waals surface area contributed by atoms with Gasteiger partial charge in [-0.25, -0.2) is 4.39 Å². The van der Waals surface area contributed by atoms with E-state index in [-0.39, 0.29) is 10.9 Å². The van der Waals surface area contributed by atoms with E-state index in [9.17, 15) is 9.18 Å². The summed E-state index contributed by atoms with van der Waals surface area (Å²) < 4.78 is 12.9. The van der Waals surface area contributed by atoms with Gasteiger partial charge in [0.2, 0.25) is 0 Å². The Morgan fingerprint density at radius 3 is 2.71 bits per heavy atom. The van der Waals surface area contributed by atoms with Crippen LogP contribution in [0.5, 0.6) is 0 Å². The summed E-state index contributed by atoms with van der Waals surface area (Å²) in [6.45, 7) is 5.27. The number of benzene rings is 1. The van der Waals surface area contributed by atoms with Crippen LogP contribution in [-0.2, 0) is 0 Å². The molecule has 0 radical (unpaired) electrons. The molecular weight excluding hydrogens is 243 g/mol. The maximum absolute atomic E-state index is 12.9. The molecule has 0 unspecified atom stereocenters. The maximum atomic E-state index is 12.9. The van der Waals surface area contributed by atoms with E-state index in [1.54, 1.807) is 0 Å². The highest BCUT2D eigenvalue weighted by atomic mass is 35.5. The van der Waals surface area contributed by atoms with Gasteiger partial charge in [-0.3, -0.25) is 4.79 Å². The molecule has 0 aromatic heterocycles. The summed E-state index contributed by atoms with van der Waals surface area (Å²) in [6.07, 6.45) is 0. The molecule has 0 heterocycles. The minimum Gasteiger partial charge on any atom is -0.351 e. The zero-order chi connectivity index (χ0) is 12.8. The van der Waals surface area contributed by atoms with Gasteiger partial charge in [0.05, 0.1) is 5.02 Å². The van der Waals surface area contributed by atoms with Gasteiger partial charge in [-0.1, -0.05) is 25.4 Å². The summed E-state index contributed by atoms with van der Waals surface area (Å²) in [7, 11) is 0. The predicted molar refractivity (Wildman–Crippen MR) is 66.9 cm³/mol.